The highest BCUT2D eigenvalue weighted by molar-refractivity contribution is 6.31. The topological polar surface area (TPSA) is 65.4 Å². The van der Waals surface area contributed by atoms with E-state index >= 15 is 0 Å². The predicted molar refractivity (Wildman–Crippen MR) is 91.5 cm³/mol. The van der Waals surface area contributed by atoms with E-state index in [-0.39, 0.29) is 18.4 Å². The lowest BCUT2D eigenvalue weighted by Gasteiger charge is -2.10. The molecule has 0 radical (unpaired) electrons. The third-order valence-corrected chi connectivity index (χ3v) is 4.32. The predicted octanol–water partition coefficient (Wildman–Crippen LogP) is 2.91. The first-order valence-electron chi connectivity index (χ1n) is 7.91. The molecule has 128 valence electrons. The van der Waals surface area contributed by atoms with Crippen molar-refractivity contribution in [3.63, 3.8) is 0 Å². The second-order valence-electron chi connectivity index (χ2n) is 5.73. The summed E-state index contributed by atoms with van der Waals surface area (Å²) in [5.41, 5.74) is 1.33. The molecule has 2 aromatic rings. The third kappa shape index (κ3) is 4.07. The number of nitrogens with zero attached hydrogens (tertiary/aromatic N) is 2. The number of benzene rings is 1. The molecule has 6 nitrogen and oxygen atoms in total. The molecule has 0 spiro atoms. The molecular formula is C17H20ClN3O3. The molecule has 7 heteroatoms. The lowest BCUT2D eigenvalue weighted by molar-refractivity contribution is -0.115. The van der Waals surface area contributed by atoms with E-state index in [0.29, 0.717) is 28.6 Å². The summed E-state index contributed by atoms with van der Waals surface area (Å²) in [7, 11) is 1.56. The van der Waals surface area contributed by atoms with Crippen molar-refractivity contribution in [1.82, 2.24) is 9.78 Å². The number of carbonyl (C=O) groups excluding carboxylic acids is 1. The number of methoxy groups -OCH3 is 1. The summed E-state index contributed by atoms with van der Waals surface area (Å²) in [5, 5.41) is 7.61. The molecule has 24 heavy (non-hydrogen) atoms. The number of nitrogens with one attached hydrogen (secondary N) is 1. The molecule has 2 heterocycles. The Hall–Kier alpha value is -2.05. The van der Waals surface area contributed by atoms with E-state index in [0.717, 1.165) is 19.4 Å². The van der Waals surface area contributed by atoms with Crippen LogP contribution in [0, 0.1) is 0 Å². The fraction of sp³-hybridized carbons (Fsp3) is 0.412. The van der Waals surface area contributed by atoms with Gasteiger partial charge >= 0.3 is 0 Å². The highest BCUT2D eigenvalue weighted by Crippen LogP contribution is 2.27. The van der Waals surface area contributed by atoms with E-state index < -0.39 is 0 Å². The highest BCUT2D eigenvalue weighted by Gasteiger charge is 2.17. The normalized spacial score (nSPS) is 17.0. The Balaban J connectivity index is 1.60. The molecule has 0 bridgehead atoms. The molecule has 0 aliphatic carbocycles. The molecule has 1 saturated heterocycles. The number of amides is 1. The zero-order valence-corrected chi connectivity index (χ0v) is 14.3. The van der Waals surface area contributed by atoms with Crippen LogP contribution in [-0.4, -0.2) is 35.5 Å². The monoisotopic (exact) mass is 349 g/mol. The molecule has 1 atom stereocenters. The minimum Gasteiger partial charge on any atom is -0.496 e. The summed E-state index contributed by atoms with van der Waals surface area (Å²) >= 11 is 6.16. The van der Waals surface area contributed by atoms with Gasteiger partial charge in [0.1, 0.15) is 5.75 Å². The van der Waals surface area contributed by atoms with Crippen LogP contribution in [0.3, 0.4) is 0 Å². The van der Waals surface area contributed by atoms with Crippen LogP contribution in [0.25, 0.3) is 0 Å². The molecule has 0 saturated carbocycles. The number of hydrogen-bond acceptors (Lipinski definition) is 4. The van der Waals surface area contributed by atoms with E-state index in [2.05, 4.69) is 10.4 Å². The summed E-state index contributed by atoms with van der Waals surface area (Å²) in [6, 6.07) is 5.32. The van der Waals surface area contributed by atoms with Gasteiger partial charge in [-0.05, 0) is 25.0 Å². The maximum Gasteiger partial charge on any atom is 0.229 e. The first-order chi connectivity index (χ1) is 11.7. The highest BCUT2D eigenvalue weighted by atomic mass is 35.5. The van der Waals surface area contributed by atoms with E-state index in [1.807, 2.05) is 6.20 Å². The van der Waals surface area contributed by atoms with Crippen molar-refractivity contribution in [2.24, 2.45) is 0 Å². The van der Waals surface area contributed by atoms with Crippen LogP contribution in [-0.2, 0) is 22.5 Å². The van der Waals surface area contributed by atoms with Crippen molar-refractivity contribution in [2.45, 2.75) is 31.9 Å². The quantitative estimate of drug-likeness (QED) is 0.870. The van der Waals surface area contributed by atoms with Gasteiger partial charge in [0.25, 0.3) is 0 Å². The van der Waals surface area contributed by atoms with Crippen molar-refractivity contribution in [3.05, 3.63) is 41.2 Å². The average Bonchev–Trinajstić information content (AvgIpc) is 3.22. The molecule has 1 unspecified atom stereocenters. The van der Waals surface area contributed by atoms with Crippen molar-refractivity contribution >= 4 is 23.2 Å². The van der Waals surface area contributed by atoms with Gasteiger partial charge in [-0.25, -0.2) is 0 Å². The number of halogens is 1. The number of rotatable bonds is 6. The molecule has 1 N–H and O–H groups in total. The fourth-order valence-corrected chi connectivity index (χ4v) is 3.03. The van der Waals surface area contributed by atoms with E-state index in [1.165, 1.54) is 0 Å². The summed E-state index contributed by atoms with van der Waals surface area (Å²) in [5.74, 6) is 0.435. The van der Waals surface area contributed by atoms with Gasteiger partial charge in [-0.1, -0.05) is 17.7 Å². The molecule has 3 rings (SSSR count). The Kier molecular flexibility index (Phi) is 5.37. The zero-order chi connectivity index (χ0) is 16.9. The minimum absolute atomic E-state index is 0.139. The maximum absolute atomic E-state index is 12.3. The molecular weight excluding hydrogens is 330 g/mol. The Labute approximate surface area is 145 Å². The number of carbonyl (C=O) groups is 1. The lowest BCUT2D eigenvalue weighted by Crippen LogP contribution is -2.16. The smallest absolute Gasteiger partial charge is 0.229 e. The van der Waals surface area contributed by atoms with Crippen LogP contribution in [0.4, 0.5) is 5.69 Å². The van der Waals surface area contributed by atoms with Crippen molar-refractivity contribution in [2.75, 3.05) is 19.0 Å². The molecule has 1 aromatic heterocycles. The second kappa shape index (κ2) is 7.68. The van der Waals surface area contributed by atoms with Gasteiger partial charge in [-0.15, -0.1) is 0 Å². The molecule has 1 amide bonds. The maximum atomic E-state index is 12.3. The van der Waals surface area contributed by atoms with E-state index in [9.17, 15) is 4.79 Å². The first kappa shape index (κ1) is 16.8. The van der Waals surface area contributed by atoms with Crippen LogP contribution in [0.1, 0.15) is 18.4 Å². The van der Waals surface area contributed by atoms with Gasteiger partial charge in [-0.3, -0.25) is 9.48 Å². The average molecular weight is 350 g/mol. The Morgan fingerprint density at radius 2 is 2.42 bits per heavy atom. The summed E-state index contributed by atoms with van der Waals surface area (Å²) < 4.78 is 12.6. The van der Waals surface area contributed by atoms with Crippen LogP contribution in [0.5, 0.6) is 5.75 Å². The lowest BCUT2D eigenvalue weighted by atomic mass is 10.1. The van der Waals surface area contributed by atoms with Crippen LogP contribution in [0.15, 0.2) is 30.6 Å². The summed E-state index contributed by atoms with van der Waals surface area (Å²) in [4.78, 5) is 12.3. The van der Waals surface area contributed by atoms with Crippen LogP contribution in [0.2, 0.25) is 5.02 Å². The van der Waals surface area contributed by atoms with Crippen molar-refractivity contribution in [1.29, 1.82) is 0 Å². The number of ether oxygens (including phenoxy) is 2. The minimum atomic E-state index is -0.168. The van der Waals surface area contributed by atoms with Gasteiger partial charge in [-0.2, -0.15) is 5.10 Å². The van der Waals surface area contributed by atoms with Gasteiger partial charge in [0, 0.05) is 23.4 Å². The fourth-order valence-electron chi connectivity index (χ4n) is 2.79. The standard InChI is InChI=1S/C17H20ClN3O3/c1-23-16-6-2-5-15(18)14(16)8-17(22)20-12-9-19-21(10-12)11-13-4-3-7-24-13/h2,5-6,9-10,13H,3-4,7-8,11H2,1H3,(H,20,22). The second-order valence-corrected chi connectivity index (χ2v) is 6.14. The number of hydrogen-bond donors (Lipinski definition) is 1. The van der Waals surface area contributed by atoms with Crippen molar-refractivity contribution < 1.29 is 14.3 Å². The van der Waals surface area contributed by atoms with Gasteiger partial charge < -0.3 is 14.8 Å². The van der Waals surface area contributed by atoms with Crippen LogP contribution < -0.4 is 10.1 Å². The van der Waals surface area contributed by atoms with E-state index in [4.69, 9.17) is 21.1 Å². The summed E-state index contributed by atoms with van der Waals surface area (Å²) in [6.07, 6.45) is 5.93. The van der Waals surface area contributed by atoms with Gasteiger partial charge in [0.2, 0.25) is 5.91 Å². The van der Waals surface area contributed by atoms with Gasteiger partial charge in [0.15, 0.2) is 0 Å². The molecule has 1 aliphatic rings. The molecule has 1 aromatic carbocycles. The van der Waals surface area contributed by atoms with Gasteiger partial charge in [0.05, 0.1) is 38.1 Å². The number of anilines is 1. The van der Waals surface area contributed by atoms with Crippen LogP contribution >= 0.6 is 11.6 Å². The first-order valence-corrected chi connectivity index (χ1v) is 8.29. The summed E-state index contributed by atoms with van der Waals surface area (Å²) in [6.45, 7) is 1.52. The Morgan fingerprint density at radius 3 is 3.17 bits per heavy atom. The SMILES string of the molecule is COc1cccc(Cl)c1CC(=O)Nc1cnn(CC2CCCO2)c1. The Bertz CT molecular complexity index is 711. The third-order valence-electron chi connectivity index (χ3n) is 3.96. The molecule has 1 aliphatic heterocycles. The molecule has 1 fully saturated rings. The largest absolute Gasteiger partial charge is 0.496 e. The van der Waals surface area contributed by atoms with Crippen molar-refractivity contribution in [3.8, 4) is 5.75 Å². The zero-order valence-electron chi connectivity index (χ0n) is 13.5. The van der Waals surface area contributed by atoms with E-state index in [1.54, 1.807) is 36.2 Å². The Morgan fingerprint density at radius 1 is 1.54 bits per heavy atom. The number of aromatic nitrogens is 2.